The highest BCUT2D eigenvalue weighted by molar-refractivity contribution is 5.79. The van der Waals surface area contributed by atoms with Crippen LogP contribution in [0.2, 0.25) is 0 Å². The lowest BCUT2D eigenvalue weighted by molar-refractivity contribution is -0.121. The van der Waals surface area contributed by atoms with Gasteiger partial charge in [0.2, 0.25) is 5.91 Å². The predicted octanol–water partition coefficient (Wildman–Crippen LogP) is 0.939. The molecule has 1 saturated carbocycles. The maximum absolute atomic E-state index is 12.1. The summed E-state index contributed by atoms with van der Waals surface area (Å²) < 4.78 is 0. The fraction of sp³-hybridized carbons (Fsp3) is 0.562. The van der Waals surface area contributed by atoms with Crippen molar-refractivity contribution in [3.05, 3.63) is 24.3 Å². The fourth-order valence-electron chi connectivity index (χ4n) is 2.96. The van der Waals surface area contributed by atoms with Crippen molar-refractivity contribution in [2.24, 2.45) is 5.73 Å². The standard InChI is InChI=1S/C16H24N4O/c1-19-8-9-20(15-5-3-2-4-14(15)19)13(11-17)10-16(21)18-12-6-7-12/h2-5,12-13H,6-11,17H2,1H3,(H,18,21). The number of fused-ring (bicyclic) bond motifs is 1. The lowest BCUT2D eigenvalue weighted by Gasteiger charge is -2.41. The normalized spacial score (nSPS) is 19.1. The molecule has 3 N–H and O–H groups in total. The summed E-state index contributed by atoms with van der Waals surface area (Å²) >= 11 is 0. The van der Waals surface area contributed by atoms with E-state index in [4.69, 9.17) is 5.73 Å². The number of hydrogen-bond donors (Lipinski definition) is 2. The number of nitrogens with one attached hydrogen (secondary N) is 1. The van der Waals surface area contributed by atoms with Crippen LogP contribution in [0.3, 0.4) is 0 Å². The molecule has 5 nitrogen and oxygen atoms in total. The number of benzene rings is 1. The molecule has 114 valence electrons. The van der Waals surface area contributed by atoms with Crippen molar-refractivity contribution in [2.45, 2.75) is 31.3 Å². The van der Waals surface area contributed by atoms with Gasteiger partial charge >= 0.3 is 0 Å². The summed E-state index contributed by atoms with van der Waals surface area (Å²) in [5.74, 6) is 0.129. The average molecular weight is 288 g/mol. The van der Waals surface area contributed by atoms with E-state index in [2.05, 4.69) is 40.4 Å². The molecule has 1 aliphatic carbocycles. The summed E-state index contributed by atoms with van der Waals surface area (Å²) in [5, 5.41) is 3.06. The molecule has 1 amide bonds. The van der Waals surface area contributed by atoms with Gasteiger partial charge in [-0.05, 0) is 25.0 Å². The van der Waals surface area contributed by atoms with E-state index < -0.39 is 0 Å². The molecule has 1 fully saturated rings. The Morgan fingerprint density at radius 1 is 1.33 bits per heavy atom. The quantitative estimate of drug-likeness (QED) is 0.846. The summed E-state index contributed by atoms with van der Waals surface area (Å²) in [6, 6.07) is 8.82. The Hall–Kier alpha value is -1.75. The van der Waals surface area contributed by atoms with Crippen LogP contribution < -0.4 is 20.9 Å². The first-order chi connectivity index (χ1) is 10.2. The van der Waals surface area contributed by atoms with Crippen molar-refractivity contribution in [1.82, 2.24) is 5.32 Å². The molecule has 21 heavy (non-hydrogen) atoms. The Labute approximate surface area is 126 Å². The van der Waals surface area contributed by atoms with Crippen molar-refractivity contribution in [3.63, 3.8) is 0 Å². The number of likely N-dealkylation sites (N-methyl/N-ethyl adjacent to an activating group) is 1. The van der Waals surface area contributed by atoms with Gasteiger partial charge in [-0.2, -0.15) is 0 Å². The number of carbonyl (C=O) groups is 1. The second-order valence-corrected chi connectivity index (χ2v) is 6.04. The molecule has 1 aromatic rings. The minimum atomic E-state index is 0.0681. The van der Waals surface area contributed by atoms with Crippen LogP contribution in [0.25, 0.3) is 0 Å². The Morgan fingerprint density at radius 3 is 2.71 bits per heavy atom. The van der Waals surface area contributed by atoms with E-state index in [1.807, 2.05) is 6.07 Å². The monoisotopic (exact) mass is 288 g/mol. The number of para-hydroxylation sites is 2. The van der Waals surface area contributed by atoms with Gasteiger partial charge < -0.3 is 20.9 Å². The highest BCUT2D eigenvalue weighted by Gasteiger charge is 2.29. The maximum Gasteiger partial charge on any atom is 0.222 e. The van der Waals surface area contributed by atoms with E-state index in [9.17, 15) is 4.79 Å². The van der Waals surface area contributed by atoms with Gasteiger partial charge in [-0.25, -0.2) is 0 Å². The minimum absolute atomic E-state index is 0.0681. The maximum atomic E-state index is 12.1. The highest BCUT2D eigenvalue weighted by Crippen LogP contribution is 2.33. The molecule has 1 unspecified atom stereocenters. The number of rotatable bonds is 5. The van der Waals surface area contributed by atoms with Gasteiger partial charge in [-0.1, -0.05) is 12.1 Å². The second-order valence-electron chi connectivity index (χ2n) is 6.04. The van der Waals surface area contributed by atoms with Gasteiger partial charge in [0.25, 0.3) is 0 Å². The molecule has 2 aliphatic rings. The third-order valence-electron chi connectivity index (χ3n) is 4.36. The number of amides is 1. The second kappa shape index (κ2) is 5.93. The van der Waals surface area contributed by atoms with E-state index in [-0.39, 0.29) is 11.9 Å². The zero-order chi connectivity index (χ0) is 14.8. The van der Waals surface area contributed by atoms with Crippen LogP contribution in [0.5, 0.6) is 0 Å². The zero-order valence-electron chi connectivity index (χ0n) is 12.6. The van der Waals surface area contributed by atoms with Crippen molar-refractivity contribution in [1.29, 1.82) is 0 Å². The first kappa shape index (κ1) is 14.2. The van der Waals surface area contributed by atoms with Crippen LogP contribution in [0.15, 0.2) is 24.3 Å². The average Bonchev–Trinajstić information content (AvgIpc) is 3.30. The number of hydrogen-bond acceptors (Lipinski definition) is 4. The van der Waals surface area contributed by atoms with Crippen molar-refractivity contribution in [3.8, 4) is 0 Å². The Morgan fingerprint density at radius 2 is 2.05 bits per heavy atom. The van der Waals surface area contributed by atoms with Crippen LogP contribution in [-0.4, -0.2) is 44.7 Å². The Bertz CT molecular complexity index is 515. The summed E-state index contributed by atoms with van der Waals surface area (Å²) in [5.41, 5.74) is 8.35. The molecule has 3 rings (SSSR count). The molecule has 0 aromatic heterocycles. The van der Waals surface area contributed by atoms with Gasteiger partial charge in [-0.3, -0.25) is 4.79 Å². The van der Waals surface area contributed by atoms with E-state index in [1.54, 1.807) is 0 Å². The summed E-state index contributed by atoms with van der Waals surface area (Å²) in [4.78, 5) is 16.6. The fourth-order valence-corrected chi connectivity index (χ4v) is 2.96. The van der Waals surface area contributed by atoms with Crippen molar-refractivity contribution in [2.75, 3.05) is 36.5 Å². The Balaban J connectivity index is 1.74. The van der Waals surface area contributed by atoms with E-state index in [1.165, 1.54) is 11.4 Å². The minimum Gasteiger partial charge on any atom is -0.371 e. The molecular formula is C16H24N4O. The molecular weight excluding hydrogens is 264 g/mol. The molecule has 0 saturated heterocycles. The molecule has 1 aromatic carbocycles. The molecule has 1 heterocycles. The molecule has 0 bridgehead atoms. The molecule has 0 spiro atoms. The van der Waals surface area contributed by atoms with Crippen LogP contribution in [0.1, 0.15) is 19.3 Å². The number of anilines is 2. The lowest BCUT2D eigenvalue weighted by atomic mass is 10.1. The van der Waals surface area contributed by atoms with E-state index >= 15 is 0 Å². The largest absolute Gasteiger partial charge is 0.371 e. The summed E-state index contributed by atoms with van der Waals surface area (Å²) in [6.07, 6.45) is 2.72. The van der Waals surface area contributed by atoms with Crippen LogP contribution in [-0.2, 0) is 4.79 Å². The number of carbonyl (C=O) groups excluding carboxylic acids is 1. The SMILES string of the molecule is CN1CCN(C(CN)CC(=O)NC2CC2)c2ccccc21. The van der Waals surface area contributed by atoms with Crippen molar-refractivity contribution >= 4 is 17.3 Å². The molecule has 1 aliphatic heterocycles. The summed E-state index contributed by atoms with van der Waals surface area (Å²) in [6.45, 7) is 2.36. The van der Waals surface area contributed by atoms with Gasteiger partial charge in [-0.15, -0.1) is 0 Å². The van der Waals surface area contributed by atoms with Gasteiger partial charge in [0.15, 0.2) is 0 Å². The highest BCUT2D eigenvalue weighted by atomic mass is 16.1. The topological polar surface area (TPSA) is 61.6 Å². The Kier molecular flexibility index (Phi) is 4.01. The third kappa shape index (κ3) is 3.13. The smallest absolute Gasteiger partial charge is 0.222 e. The molecule has 0 radical (unpaired) electrons. The summed E-state index contributed by atoms with van der Waals surface area (Å²) in [7, 11) is 2.10. The van der Waals surface area contributed by atoms with Crippen LogP contribution >= 0.6 is 0 Å². The van der Waals surface area contributed by atoms with E-state index in [0.29, 0.717) is 19.0 Å². The first-order valence-electron chi connectivity index (χ1n) is 7.75. The number of nitrogens with zero attached hydrogens (tertiary/aromatic N) is 2. The molecule has 5 heteroatoms. The van der Waals surface area contributed by atoms with Gasteiger partial charge in [0.1, 0.15) is 0 Å². The number of nitrogens with two attached hydrogens (primary N) is 1. The van der Waals surface area contributed by atoms with Gasteiger partial charge in [0.05, 0.1) is 17.4 Å². The van der Waals surface area contributed by atoms with Crippen molar-refractivity contribution < 1.29 is 4.79 Å². The van der Waals surface area contributed by atoms with Gasteiger partial charge in [0, 0.05) is 39.1 Å². The first-order valence-corrected chi connectivity index (χ1v) is 7.75. The van der Waals surface area contributed by atoms with E-state index in [0.717, 1.165) is 25.9 Å². The molecule has 1 atom stereocenters. The predicted molar refractivity (Wildman–Crippen MR) is 85.7 cm³/mol. The van der Waals surface area contributed by atoms with Crippen LogP contribution in [0, 0.1) is 0 Å². The lowest BCUT2D eigenvalue weighted by Crippen LogP contribution is -2.49. The zero-order valence-corrected chi connectivity index (χ0v) is 12.6. The van der Waals surface area contributed by atoms with Crippen LogP contribution in [0.4, 0.5) is 11.4 Å². The third-order valence-corrected chi connectivity index (χ3v) is 4.36.